The van der Waals surface area contributed by atoms with E-state index in [1.54, 1.807) is 16.0 Å². The third-order valence-electron chi connectivity index (χ3n) is 3.43. The maximum absolute atomic E-state index is 4.37. The Bertz CT molecular complexity index is 727. The highest BCUT2D eigenvalue weighted by atomic mass is 32.1. The highest BCUT2D eigenvalue weighted by molar-refractivity contribution is 7.13. The minimum Gasteiger partial charge on any atom is -0.307 e. The lowest BCUT2D eigenvalue weighted by molar-refractivity contribution is 0.458. The SMILES string of the molecule is Cn1cc(C2NCCn3c(-c4cncs4)nnc32)cn1. The molecular formula is C12H13N7S. The van der Waals surface area contributed by atoms with Crippen molar-refractivity contribution in [2.24, 2.45) is 7.05 Å². The van der Waals surface area contributed by atoms with Gasteiger partial charge >= 0.3 is 0 Å². The van der Waals surface area contributed by atoms with Gasteiger partial charge in [0.15, 0.2) is 11.6 Å². The molecule has 0 fully saturated rings. The summed E-state index contributed by atoms with van der Waals surface area (Å²) in [5, 5.41) is 16.4. The average molecular weight is 287 g/mol. The number of nitrogens with zero attached hydrogens (tertiary/aromatic N) is 6. The van der Waals surface area contributed by atoms with E-state index in [0.717, 1.165) is 35.2 Å². The lowest BCUT2D eigenvalue weighted by Gasteiger charge is -2.24. The maximum atomic E-state index is 4.37. The second-order valence-corrected chi connectivity index (χ2v) is 5.62. The van der Waals surface area contributed by atoms with Gasteiger partial charge in [-0.25, -0.2) is 0 Å². The van der Waals surface area contributed by atoms with Gasteiger partial charge < -0.3 is 9.88 Å². The van der Waals surface area contributed by atoms with Crippen molar-refractivity contribution in [3.05, 3.63) is 35.5 Å². The molecule has 1 atom stereocenters. The first kappa shape index (κ1) is 11.7. The Morgan fingerprint density at radius 2 is 2.30 bits per heavy atom. The molecule has 0 saturated carbocycles. The van der Waals surface area contributed by atoms with Gasteiger partial charge in [0, 0.05) is 38.1 Å². The molecule has 0 spiro atoms. The summed E-state index contributed by atoms with van der Waals surface area (Å²) in [5.41, 5.74) is 2.92. The molecule has 0 radical (unpaired) electrons. The summed E-state index contributed by atoms with van der Waals surface area (Å²) in [6, 6.07) is 0.0478. The number of aromatic nitrogens is 6. The summed E-state index contributed by atoms with van der Waals surface area (Å²) in [7, 11) is 1.92. The van der Waals surface area contributed by atoms with Crippen molar-refractivity contribution in [1.82, 2.24) is 34.8 Å². The summed E-state index contributed by atoms with van der Waals surface area (Å²) in [5.74, 6) is 1.84. The van der Waals surface area contributed by atoms with Gasteiger partial charge in [-0.15, -0.1) is 21.5 Å². The van der Waals surface area contributed by atoms with Crippen LogP contribution < -0.4 is 5.32 Å². The second kappa shape index (κ2) is 4.50. The zero-order valence-corrected chi connectivity index (χ0v) is 11.7. The standard InChI is InChI=1S/C12H13N7S/c1-18-6-8(4-15-18)10-12-17-16-11(9-5-13-7-20-9)19(12)3-2-14-10/h4-7,10,14H,2-3H2,1H3. The van der Waals surface area contributed by atoms with Gasteiger partial charge in [0.05, 0.1) is 22.6 Å². The molecule has 0 aromatic carbocycles. The molecule has 7 nitrogen and oxygen atoms in total. The van der Waals surface area contributed by atoms with Gasteiger partial charge in [0.2, 0.25) is 0 Å². The van der Waals surface area contributed by atoms with Crippen LogP contribution in [0.5, 0.6) is 0 Å². The van der Waals surface area contributed by atoms with Crippen LogP contribution in [0.2, 0.25) is 0 Å². The molecule has 4 rings (SSSR count). The predicted molar refractivity (Wildman–Crippen MR) is 74.2 cm³/mol. The molecule has 1 aliphatic rings. The van der Waals surface area contributed by atoms with Crippen molar-refractivity contribution >= 4 is 11.3 Å². The molecular weight excluding hydrogens is 274 g/mol. The smallest absolute Gasteiger partial charge is 0.175 e. The number of fused-ring (bicyclic) bond motifs is 1. The summed E-state index contributed by atoms with van der Waals surface area (Å²) in [6.45, 7) is 1.75. The van der Waals surface area contributed by atoms with Crippen LogP contribution in [0.25, 0.3) is 10.7 Å². The Morgan fingerprint density at radius 3 is 3.05 bits per heavy atom. The number of rotatable bonds is 2. The fourth-order valence-electron chi connectivity index (χ4n) is 2.53. The van der Waals surface area contributed by atoms with E-state index in [9.17, 15) is 0 Å². The van der Waals surface area contributed by atoms with Crippen LogP contribution in [0.15, 0.2) is 24.1 Å². The largest absolute Gasteiger partial charge is 0.307 e. The Labute approximate surface area is 119 Å². The van der Waals surface area contributed by atoms with Crippen LogP contribution >= 0.6 is 11.3 Å². The number of thiazole rings is 1. The Morgan fingerprint density at radius 1 is 1.35 bits per heavy atom. The second-order valence-electron chi connectivity index (χ2n) is 4.73. The number of nitrogens with one attached hydrogen (secondary N) is 1. The molecule has 3 aromatic rings. The molecule has 1 aliphatic heterocycles. The quantitative estimate of drug-likeness (QED) is 0.755. The Kier molecular flexibility index (Phi) is 2.64. The van der Waals surface area contributed by atoms with Crippen LogP contribution in [-0.4, -0.2) is 36.1 Å². The highest BCUT2D eigenvalue weighted by Gasteiger charge is 2.27. The average Bonchev–Trinajstić information content (AvgIpc) is 3.17. The fourth-order valence-corrected chi connectivity index (χ4v) is 3.14. The minimum atomic E-state index is 0.0478. The minimum absolute atomic E-state index is 0.0478. The molecule has 8 heteroatoms. The van der Waals surface area contributed by atoms with Crippen LogP contribution in [0, 0.1) is 0 Å². The molecule has 0 amide bonds. The molecule has 3 aromatic heterocycles. The van der Waals surface area contributed by atoms with Gasteiger partial charge in [0.1, 0.15) is 0 Å². The fraction of sp³-hybridized carbons (Fsp3) is 0.333. The van der Waals surface area contributed by atoms with Gasteiger partial charge in [-0.1, -0.05) is 0 Å². The summed E-state index contributed by atoms with van der Waals surface area (Å²) in [6.07, 6.45) is 5.71. The lowest BCUT2D eigenvalue weighted by atomic mass is 10.1. The van der Waals surface area contributed by atoms with E-state index in [0.29, 0.717) is 0 Å². The van der Waals surface area contributed by atoms with Crippen molar-refractivity contribution in [2.45, 2.75) is 12.6 Å². The number of hydrogen-bond donors (Lipinski definition) is 1. The molecule has 0 bridgehead atoms. The van der Waals surface area contributed by atoms with Crippen LogP contribution in [-0.2, 0) is 13.6 Å². The molecule has 20 heavy (non-hydrogen) atoms. The summed E-state index contributed by atoms with van der Waals surface area (Å²) < 4.78 is 3.97. The Hall–Kier alpha value is -2.06. The zero-order valence-electron chi connectivity index (χ0n) is 10.9. The van der Waals surface area contributed by atoms with E-state index >= 15 is 0 Å². The first-order chi connectivity index (χ1) is 9.83. The van der Waals surface area contributed by atoms with E-state index in [2.05, 4.69) is 30.2 Å². The third-order valence-corrected chi connectivity index (χ3v) is 4.20. The molecule has 1 N–H and O–H groups in total. The van der Waals surface area contributed by atoms with Gasteiger partial charge in [-0.05, 0) is 0 Å². The molecule has 102 valence electrons. The zero-order chi connectivity index (χ0) is 13.5. The van der Waals surface area contributed by atoms with Gasteiger partial charge in [-0.2, -0.15) is 5.10 Å². The van der Waals surface area contributed by atoms with Crippen molar-refractivity contribution in [3.63, 3.8) is 0 Å². The molecule has 1 unspecified atom stereocenters. The first-order valence-corrected chi connectivity index (χ1v) is 7.25. The van der Waals surface area contributed by atoms with E-state index < -0.39 is 0 Å². The maximum Gasteiger partial charge on any atom is 0.175 e. The predicted octanol–water partition coefficient (Wildman–Crippen LogP) is 0.828. The lowest BCUT2D eigenvalue weighted by Crippen LogP contribution is -2.34. The third kappa shape index (κ3) is 1.76. The summed E-state index contributed by atoms with van der Waals surface area (Å²) in [4.78, 5) is 5.17. The van der Waals surface area contributed by atoms with E-state index in [-0.39, 0.29) is 6.04 Å². The van der Waals surface area contributed by atoms with Crippen LogP contribution in [0.1, 0.15) is 17.4 Å². The highest BCUT2D eigenvalue weighted by Crippen LogP contribution is 2.28. The normalized spacial score (nSPS) is 18.1. The van der Waals surface area contributed by atoms with E-state index in [4.69, 9.17) is 0 Å². The van der Waals surface area contributed by atoms with Crippen molar-refractivity contribution < 1.29 is 0 Å². The monoisotopic (exact) mass is 287 g/mol. The van der Waals surface area contributed by atoms with Crippen LogP contribution in [0.3, 0.4) is 0 Å². The van der Waals surface area contributed by atoms with Gasteiger partial charge in [-0.3, -0.25) is 9.67 Å². The molecule has 0 aliphatic carbocycles. The number of hydrogen-bond acceptors (Lipinski definition) is 6. The van der Waals surface area contributed by atoms with Gasteiger partial charge in [0.25, 0.3) is 0 Å². The Balaban J connectivity index is 1.79. The number of aryl methyl sites for hydroxylation is 1. The molecule has 4 heterocycles. The van der Waals surface area contributed by atoms with Crippen molar-refractivity contribution in [3.8, 4) is 10.7 Å². The first-order valence-electron chi connectivity index (χ1n) is 6.37. The van der Waals surface area contributed by atoms with Crippen molar-refractivity contribution in [2.75, 3.05) is 6.54 Å². The van der Waals surface area contributed by atoms with Crippen molar-refractivity contribution in [1.29, 1.82) is 0 Å². The molecule has 0 saturated heterocycles. The topological polar surface area (TPSA) is 73.5 Å². The van der Waals surface area contributed by atoms with E-state index in [1.165, 1.54) is 0 Å². The van der Waals surface area contributed by atoms with E-state index in [1.807, 2.05) is 31.1 Å². The summed E-state index contributed by atoms with van der Waals surface area (Å²) >= 11 is 1.58. The van der Waals surface area contributed by atoms with Crippen LogP contribution in [0.4, 0.5) is 0 Å².